The molecule has 37 heavy (non-hydrogen) atoms. The molecule has 2 amide bonds. The third kappa shape index (κ3) is 5.09. The molecule has 0 spiro atoms. The van der Waals surface area contributed by atoms with Gasteiger partial charge in [0.2, 0.25) is 12.7 Å². The zero-order valence-electron chi connectivity index (χ0n) is 19.4. The van der Waals surface area contributed by atoms with Crippen molar-refractivity contribution >= 4 is 11.8 Å². The number of likely N-dealkylation sites (tertiary alicyclic amines) is 1. The Labute approximate surface area is 209 Å². The summed E-state index contributed by atoms with van der Waals surface area (Å²) in [5, 5.41) is 2.82. The largest absolute Gasteiger partial charge is 0.454 e. The number of amides is 2. The molecule has 0 aromatic heterocycles. The van der Waals surface area contributed by atoms with Crippen LogP contribution in [0.15, 0.2) is 66.7 Å². The Morgan fingerprint density at radius 2 is 1.73 bits per heavy atom. The summed E-state index contributed by atoms with van der Waals surface area (Å²) < 4.78 is 65.1. The minimum absolute atomic E-state index is 0.0312. The Bertz CT molecular complexity index is 1340. The predicted molar refractivity (Wildman–Crippen MR) is 124 cm³/mol. The zero-order valence-corrected chi connectivity index (χ0v) is 19.4. The highest BCUT2D eigenvalue weighted by atomic mass is 19.4. The van der Waals surface area contributed by atoms with Crippen molar-refractivity contribution in [3.63, 3.8) is 0 Å². The van der Waals surface area contributed by atoms with Crippen LogP contribution in [0.2, 0.25) is 0 Å². The lowest BCUT2D eigenvalue weighted by atomic mass is 9.87. The summed E-state index contributed by atoms with van der Waals surface area (Å²) in [6, 6.07) is 15.4. The number of fused-ring (bicyclic) bond motifs is 1. The topological polar surface area (TPSA) is 67.9 Å². The van der Waals surface area contributed by atoms with E-state index < -0.39 is 41.2 Å². The van der Waals surface area contributed by atoms with Crippen molar-refractivity contribution in [2.75, 3.05) is 19.9 Å². The molecule has 2 atom stereocenters. The quantitative estimate of drug-likeness (QED) is 0.500. The van der Waals surface area contributed by atoms with Crippen molar-refractivity contribution in [1.82, 2.24) is 10.2 Å². The molecule has 10 heteroatoms. The van der Waals surface area contributed by atoms with Gasteiger partial charge in [0.05, 0.1) is 17.0 Å². The van der Waals surface area contributed by atoms with E-state index in [1.807, 2.05) is 0 Å². The number of carbonyl (C=O) groups is 2. The molecule has 0 radical (unpaired) electrons. The van der Waals surface area contributed by atoms with E-state index in [-0.39, 0.29) is 37.6 Å². The minimum atomic E-state index is -4.56. The van der Waals surface area contributed by atoms with Crippen molar-refractivity contribution in [3.8, 4) is 11.5 Å². The van der Waals surface area contributed by atoms with Crippen LogP contribution >= 0.6 is 0 Å². The van der Waals surface area contributed by atoms with E-state index in [9.17, 15) is 27.2 Å². The van der Waals surface area contributed by atoms with Gasteiger partial charge in [0, 0.05) is 25.6 Å². The fraction of sp³-hybridized carbons (Fsp3) is 0.259. The van der Waals surface area contributed by atoms with Gasteiger partial charge in [-0.2, -0.15) is 13.2 Å². The maximum absolute atomic E-state index is 14.3. The maximum Gasteiger partial charge on any atom is 0.416 e. The zero-order chi connectivity index (χ0) is 26.2. The molecule has 1 N–H and O–H groups in total. The van der Waals surface area contributed by atoms with Crippen LogP contribution in [0.1, 0.15) is 33.0 Å². The number of nitrogens with one attached hydrogen (secondary N) is 1. The summed E-state index contributed by atoms with van der Waals surface area (Å²) in [6.45, 7) is 0.151. The number of rotatable bonds is 5. The first-order chi connectivity index (χ1) is 17.7. The molecule has 0 saturated carbocycles. The van der Waals surface area contributed by atoms with Gasteiger partial charge in [-0.3, -0.25) is 9.59 Å². The summed E-state index contributed by atoms with van der Waals surface area (Å²) in [5.41, 5.74) is 0.0162. The van der Waals surface area contributed by atoms with Crippen molar-refractivity contribution < 1.29 is 36.6 Å². The van der Waals surface area contributed by atoms with E-state index >= 15 is 0 Å². The minimum Gasteiger partial charge on any atom is -0.454 e. The van der Waals surface area contributed by atoms with E-state index in [1.165, 1.54) is 35.2 Å². The van der Waals surface area contributed by atoms with Crippen LogP contribution < -0.4 is 14.8 Å². The fourth-order valence-corrected chi connectivity index (χ4v) is 4.69. The van der Waals surface area contributed by atoms with Gasteiger partial charge in [-0.05, 0) is 41.5 Å². The van der Waals surface area contributed by atoms with Crippen molar-refractivity contribution in [3.05, 3.63) is 94.8 Å². The number of ether oxygens (including phenoxy) is 2. The van der Waals surface area contributed by atoms with Gasteiger partial charge in [-0.25, -0.2) is 4.39 Å². The van der Waals surface area contributed by atoms with E-state index in [2.05, 4.69) is 5.32 Å². The van der Waals surface area contributed by atoms with Crippen LogP contribution in [-0.4, -0.2) is 36.6 Å². The average molecular weight is 514 g/mol. The van der Waals surface area contributed by atoms with Gasteiger partial charge in [0.15, 0.2) is 11.5 Å². The number of halogens is 4. The normalized spacial score (nSPS) is 18.6. The first-order valence-corrected chi connectivity index (χ1v) is 11.6. The van der Waals surface area contributed by atoms with Gasteiger partial charge in [-0.15, -0.1) is 0 Å². The third-order valence-corrected chi connectivity index (χ3v) is 6.59. The number of hydrogen-bond acceptors (Lipinski definition) is 4. The smallest absolute Gasteiger partial charge is 0.416 e. The van der Waals surface area contributed by atoms with Crippen LogP contribution in [0.5, 0.6) is 11.5 Å². The Hall–Kier alpha value is -4.08. The van der Waals surface area contributed by atoms with E-state index in [0.29, 0.717) is 11.5 Å². The molecule has 0 aliphatic carbocycles. The summed E-state index contributed by atoms with van der Waals surface area (Å²) >= 11 is 0. The number of alkyl halides is 3. The summed E-state index contributed by atoms with van der Waals surface area (Å²) in [5.74, 6) is -2.17. The molecule has 5 rings (SSSR count). The molecule has 0 bridgehead atoms. The molecule has 1 fully saturated rings. The second-order valence-corrected chi connectivity index (χ2v) is 8.93. The van der Waals surface area contributed by atoms with Crippen molar-refractivity contribution in [2.24, 2.45) is 5.92 Å². The van der Waals surface area contributed by atoms with Crippen LogP contribution in [0, 0.1) is 11.7 Å². The van der Waals surface area contributed by atoms with Gasteiger partial charge in [0.1, 0.15) is 5.82 Å². The first-order valence-electron chi connectivity index (χ1n) is 11.6. The molecule has 2 heterocycles. The lowest BCUT2D eigenvalue weighted by Gasteiger charge is -2.19. The third-order valence-electron chi connectivity index (χ3n) is 6.59. The summed E-state index contributed by atoms with van der Waals surface area (Å²) in [6.07, 6.45) is -4.56. The Kier molecular flexibility index (Phi) is 6.49. The highest BCUT2D eigenvalue weighted by Gasteiger charge is 2.42. The molecule has 1 saturated heterocycles. The monoisotopic (exact) mass is 514 g/mol. The maximum atomic E-state index is 14.3. The second kappa shape index (κ2) is 9.76. The van der Waals surface area contributed by atoms with Crippen LogP contribution in [-0.2, 0) is 17.5 Å². The lowest BCUT2D eigenvalue weighted by Crippen LogP contribution is -2.35. The molecule has 6 nitrogen and oxygen atoms in total. The Morgan fingerprint density at radius 3 is 2.51 bits per heavy atom. The number of carbonyl (C=O) groups excluding carboxylic acids is 2. The average Bonchev–Trinajstić information content (AvgIpc) is 3.54. The number of nitrogens with zero attached hydrogens (tertiary/aromatic N) is 1. The Morgan fingerprint density at radius 1 is 0.946 bits per heavy atom. The number of benzene rings is 3. The standard InChI is InChI=1S/C27H22F4N2O4/c28-22-7-2-1-6-19(22)26(35)33-13-20(17-4-3-5-18(11-17)27(29,30)31)21(14-33)25(34)32-12-16-8-9-23-24(10-16)37-15-36-23/h1-11,20-21H,12-15H2,(H,32,34). The fourth-order valence-electron chi connectivity index (χ4n) is 4.69. The van der Waals surface area contributed by atoms with Crippen molar-refractivity contribution in [2.45, 2.75) is 18.6 Å². The molecule has 3 aromatic rings. The van der Waals surface area contributed by atoms with Gasteiger partial charge in [0.25, 0.3) is 5.91 Å². The second-order valence-electron chi connectivity index (χ2n) is 8.93. The first kappa shape index (κ1) is 24.6. The summed E-state index contributed by atoms with van der Waals surface area (Å²) in [7, 11) is 0. The van der Waals surface area contributed by atoms with E-state index in [0.717, 1.165) is 23.8 Å². The predicted octanol–water partition coefficient (Wildman–Crippen LogP) is 4.75. The molecular weight excluding hydrogens is 492 g/mol. The van der Waals surface area contributed by atoms with Gasteiger partial charge < -0.3 is 19.7 Å². The molecule has 192 valence electrons. The molecule has 2 unspecified atom stereocenters. The Balaban J connectivity index is 1.39. The van der Waals surface area contributed by atoms with Gasteiger partial charge in [-0.1, -0.05) is 36.4 Å². The lowest BCUT2D eigenvalue weighted by molar-refractivity contribution is -0.137. The highest BCUT2D eigenvalue weighted by molar-refractivity contribution is 5.95. The van der Waals surface area contributed by atoms with Crippen LogP contribution in [0.4, 0.5) is 17.6 Å². The summed E-state index contributed by atoms with van der Waals surface area (Å²) in [4.78, 5) is 27.7. The number of hydrogen-bond donors (Lipinski definition) is 1. The van der Waals surface area contributed by atoms with Crippen LogP contribution in [0.25, 0.3) is 0 Å². The highest BCUT2D eigenvalue weighted by Crippen LogP contribution is 2.37. The molecule has 2 aliphatic rings. The van der Waals surface area contributed by atoms with E-state index in [4.69, 9.17) is 9.47 Å². The van der Waals surface area contributed by atoms with Gasteiger partial charge >= 0.3 is 6.18 Å². The van der Waals surface area contributed by atoms with Crippen LogP contribution in [0.3, 0.4) is 0 Å². The van der Waals surface area contributed by atoms with E-state index in [1.54, 1.807) is 18.2 Å². The van der Waals surface area contributed by atoms with Crippen molar-refractivity contribution in [1.29, 1.82) is 0 Å². The molecule has 3 aromatic carbocycles. The molecular formula is C27H22F4N2O4. The molecule has 2 aliphatic heterocycles. The SMILES string of the molecule is O=C(NCc1ccc2c(c1)OCO2)C1CN(C(=O)c2ccccc2F)CC1c1cccc(C(F)(F)F)c1.